The molecular formula is C23H24N2OS. The first-order chi connectivity index (χ1) is 13.2. The van der Waals surface area contributed by atoms with Crippen molar-refractivity contribution in [3.8, 4) is 16.9 Å². The van der Waals surface area contributed by atoms with E-state index in [0.29, 0.717) is 6.54 Å². The van der Waals surface area contributed by atoms with E-state index in [-0.39, 0.29) is 5.60 Å². The Hall–Kier alpha value is -2.59. The monoisotopic (exact) mass is 376 g/mol. The predicted octanol–water partition coefficient (Wildman–Crippen LogP) is 4.65. The average molecular weight is 377 g/mol. The molecular weight excluding hydrogens is 352 g/mol. The van der Waals surface area contributed by atoms with Crippen molar-refractivity contribution in [3.63, 3.8) is 0 Å². The number of hydrogen-bond donors (Lipinski definition) is 1. The lowest BCUT2D eigenvalue weighted by atomic mass is 9.87. The summed E-state index contributed by atoms with van der Waals surface area (Å²) in [7, 11) is 0. The number of hydrogen-bond acceptors (Lipinski definition) is 2. The lowest BCUT2D eigenvalue weighted by molar-refractivity contribution is 0.0586. The summed E-state index contributed by atoms with van der Waals surface area (Å²) in [6.45, 7) is 6.21. The Morgan fingerprint density at radius 3 is 2.67 bits per heavy atom. The molecule has 0 atom stereocenters. The van der Waals surface area contributed by atoms with Crippen LogP contribution >= 0.6 is 12.2 Å². The molecule has 2 heterocycles. The summed E-state index contributed by atoms with van der Waals surface area (Å²) in [5.74, 6) is 0.970. The smallest absolute Gasteiger partial charge is 0.169 e. The molecule has 0 bridgehead atoms. The minimum atomic E-state index is -0.216. The van der Waals surface area contributed by atoms with E-state index in [0.717, 1.165) is 42.4 Å². The number of fused-ring (bicyclic) bond motifs is 1. The number of ether oxygens (including phenoxy) is 1. The Kier molecular flexibility index (Phi) is 4.99. The van der Waals surface area contributed by atoms with Crippen LogP contribution in [0.4, 0.5) is 0 Å². The van der Waals surface area contributed by atoms with Gasteiger partial charge in [0, 0.05) is 38.0 Å². The van der Waals surface area contributed by atoms with Gasteiger partial charge in [0.2, 0.25) is 0 Å². The maximum atomic E-state index is 6.47. The van der Waals surface area contributed by atoms with Gasteiger partial charge in [0.25, 0.3) is 0 Å². The van der Waals surface area contributed by atoms with E-state index in [1.807, 2.05) is 12.1 Å². The van der Waals surface area contributed by atoms with Crippen LogP contribution in [0, 0.1) is 0 Å². The lowest BCUT2D eigenvalue weighted by Crippen LogP contribution is -2.51. The first-order valence-electron chi connectivity index (χ1n) is 9.40. The van der Waals surface area contributed by atoms with Gasteiger partial charge < -0.3 is 15.0 Å². The Balaban J connectivity index is 1.46. The quantitative estimate of drug-likeness (QED) is 0.622. The normalized spacial score (nSPS) is 17.1. The van der Waals surface area contributed by atoms with Gasteiger partial charge >= 0.3 is 0 Å². The first-order valence-corrected chi connectivity index (χ1v) is 9.81. The van der Waals surface area contributed by atoms with Crippen LogP contribution in [0.1, 0.15) is 18.4 Å². The van der Waals surface area contributed by atoms with Gasteiger partial charge in [0.15, 0.2) is 5.11 Å². The highest BCUT2D eigenvalue weighted by Crippen LogP contribution is 2.38. The molecule has 0 saturated carbocycles. The Bertz CT molecular complexity index is 867. The molecule has 2 aromatic carbocycles. The Labute approximate surface area is 166 Å². The van der Waals surface area contributed by atoms with Gasteiger partial charge in [-0.1, -0.05) is 48.6 Å². The van der Waals surface area contributed by atoms with E-state index in [1.165, 1.54) is 11.1 Å². The van der Waals surface area contributed by atoms with Crippen molar-refractivity contribution in [1.29, 1.82) is 0 Å². The third-order valence-corrected chi connectivity index (χ3v) is 5.69. The second-order valence-corrected chi connectivity index (χ2v) is 7.47. The van der Waals surface area contributed by atoms with Crippen molar-refractivity contribution < 1.29 is 4.74 Å². The van der Waals surface area contributed by atoms with Crippen molar-refractivity contribution >= 4 is 23.4 Å². The van der Waals surface area contributed by atoms with E-state index in [4.69, 9.17) is 17.0 Å². The zero-order valence-corrected chi connectivity index (χ0v) is 16.2. The van der Waals surface area contributed by atoms with Crippen LogP contribution < -0.4 is 10.1 Å². The molecule has 0 aliphatic carbocycles. The zero-order chi connectivity index (χ0) is 18.7. The van der Waals surface area contributed by atoms with Crippen LogP contribution in [-0.4, -0.2) is 35.2 Å². The van der Waals surface area contributed by atoms with Crippen molar-refractivity contribution in [3.05, 3.63) is 72.8 Å². The summed E-state index contributed by atoms with van der Waals surface area (Å²) in [6.07, 6.45) is 8.14. The number of nitrogens with one attached hydrogen (secondary N) is 1. The third kappa shape index (κ3) is 3.76. The summed E-state index contributed by atoms with van der Waals surface area (Å²) in [4.78, 5) is 2.22. The maximum absolute atomic E-state index is 6.47. The fourth-order valence-corrected chi connectivity index (χ4v) is 3.97. The molecule has 3 nitrogen and oxygen atoms in total. The molecule has 1 spiro atoms. The highest BCUT2D eigenvalue weighted by atomic mass is 32.1. The number of benzene rings is 2. The molecule has 1 fully saturated rings. The van der Waals surface area contributed by atoms with E-state index >= 15 is 0 Å². The van der Waals surface area contributed by atoms with Crippen molar-refractivity contribution in [2.45, 2.75) is 18.4 Å². The van der Waals surface area contributed by atoms with E-state index in [1.54, 1.807) is 0 Å². The SMILES string of the molecule is C=CCNC(=S)N1CCC2(C=Cc3cc(-c4ccccc4)ccc3O2)CC1. The summed E-state index contributed by atoms with van der Waals surface area (Å²) < 4.78 is 6.47. The van der Waals surface area contributed by atoms with E-state index in [9.17, 15) is 0 Å². The topological polar surface area (TPSA) is 24.5 Å². The molecule has 138 valence electrons. The van der Waals surface area contributed by atoms with Crippen LogP contribution in [0.2, 0.25) is 0 Å². The molecule has 2 aliphatic rings. The van der Waals surface area contributed by atoms with Crippen LogP contribution in [0.5, 0.6) is 5.75 Å². The van der Waals surface area contributed by atoms with Gasteiger partial charge in [-0.05, 0) is 41.6 Å². The fraction of sp³-hybridized carbons (Fsp3) is 0.261. The Morgan fingerprint density at radius 2 is 1.93 bits per heavy atom. The van der Waals surface area contributed by atoms with Crippen LogP contribution in [0.15, 0.2) is 67.3 Å². The average Bonchev–Trinajstić information content (AvgIpc) is 2.73. The minimum Gasteiger partial charge on any atom is -0.482 e. The number of piperidine rings is 1. The molecule has 0 radical (unpaired) electrons. The third-order valence-electron chi connectivity index (χ3n) is 5.29. The number of likely N-dealkylation sites (tertiary alicyclic amines) is 1. The predicted molar refractivity (Wildman–Crippen MR) is 116 cm³/mol. The maximum Gasteiger partial charge on any atom is 0.169 e. The first kappa shape index (κ1) is 17.8. The van der Waals surface area contributed by atoms with Crippen molar-refractivity contribution in [1.82, 2.24) is 10.2 Å². The van der Waals surface area contributed by atoms with Crippen LogP contribution in [-0.2, 0) is 0 Å². The van der Waals surface area contributed by atoms with Gasteiger partial charge in [-0.25, -0.2) is 0 Å². The number of thiocarbonyl (C=S) groups is 1. The highest BCUT2D eigenvalue weighted by molar-refractivity contribution is 7.80. The lowest BCUT2D eigenvalue weighted by Gasteiger charge is -2.42. The van der Waals surface area contributed by atoms with Crippen molar-refractivity contribution in [2.75, 3.05) is 19.6 Å². The zero-order valence-electron chi connectivity index (χ0n) is 15.4. The van der Waals surface area contributed by atoms with Crippen LogP contribution in [0.3, 0.4) is 0 Å². The van der Waals surface area contributed by atoms with Gasteiger partial charge in [-0.3, -0.25) is 0 Å². The minimum absolute atomic E-state index is 0.216. The van der Waals surface area contributed by atoms with E-state index < -0.39 is 0 Å². The standard InChI is InChI=1S/C23H24N2OS/c1-2-14-24-22(27)25-15-12-23(13-16-25)11-10-20-17-19(8-9-21(20)26-23)18-6-4-3-5-7-18/h2-11,17H,1,12-16H2,(H,24,27). The molecule has 27 heavy (non-hydrogen) atoms. The number of rotatable bonds is 3. The molecule has 2 aromatic rings. The fourth-order valence-electron chi connectivity index (χ4n) is 3.70. The van der Waals surface area contributed by atoms with Gasteiger partial charge in [0.1, 0.15) is 11.4 Å². The molecule has 0 amide bonds. The second kappa shape index (κ2) is 7.57. The number of nitrogens with zero attached hydrogens (tertiary/aromatic N) is 1. The summed E-state index contributed by atoms with van der Waals surface area (Å²) in [6, 6.07) is 16.9. The molecule has 2 aliphatic heterocycles. The molecule has 1 saturated heterocycles. The Morgan fingerprint density at radius 1 is 1.15 bits per heavy atom. The molecule has 4 heteroatoms. The molecule has 0 aromatic heterocycles. The van der Waals surface area contributed by atoms with Gasteiger partial charge in [-0.2, -0.15) is 0 Å². The molecule has 4 rings (SSSR count). The largest absolute Gasteiger partial charge is 0.482 e. The second-order valence-electron chi connectivity index (χ2n) is 7.08. The molecule has 0 unspecified atom stereocenters. The van der Waals surface area contributed by atoms with Gasteiger partial charge in [0.05, 0.1) is 0 Å². The van der Waals surface area contributed by atoms with E-state index in [2.05, 4.69) is 71.4 Å². The van der Waals surface area contributed by atoms with Crippen molar-refractivity contribution in [2.24, 2.45) is 0 Å². The summed E-state index contributed by atoms with van der Waals surface area (Å²) in [5, 5.41) is 4.01. The van der Waals surface area contributed by atoms with Gasteiger partial charge in [-0.15, -0.1) is 6.58 Å². The highest BCUT2D eigenvalue weighted by Gasteiger charge is 2.37. The summed E-state index contributed by atoms with van der Waals surface area (Å²) in [5.41, 5.74) is 3.37. The molecule has 1 N–H and O–H groups in total. The van der Waals surface area contributed by atoms with Crippen LogP contribution in [0.25, 0.3) is 17.2 Å². The summed E-state index contributed by atoms with van der Waals surface area (Å²) >= 11 is 5.46.